The molecule has 2 aromatic heterocycles. The minimum Gasteiger partial charge on any atom is -0.384 e. The molecule has 0 fully saturated rings. The van der Waals surface area contributed by atoms with Gasteiger partial charge in [-0.05, 0) is 76.9 Å². The Balaban J connectivity index is 1.14. The molecule has 0 aliphatic rings. The molecule has 178 valence electrons. The second-order valence-electron chi connectivity index (χ2n) is 9.64. The van der Waals surface area contributed by atoms with E-state index in [1.807, 2.05) is 0 Å². The van der Waals surface area contributed by atoms with Crippen LogP contribution in [0.5, 0.6) is 0 Å². The van der Waals surface area contributed by atoms with Gasteiger partial charge in [-0.15, -0.1) is 0 Å². The average molecular weight is 455 g/mol. The van der Waals surface area contributed by atoms with Gasteiger partial charge >= 0.3 is 0 Å². The summed E-state index contributed by atoms with van der Waals surface area (Å²) in [5.74, 6) is 0. The van der Waals surface area contributed by atoms with E-state index in [9.17, 15) is 0 Å². The Morgan fingerprint density at radius 1 is 0.529 bits per heavy atom. The zero-order valence-corrected chi connectivity index (χ0v) is 21.2. The lowest BCUT2D eigenvalue weighted by molar-refractivity contribution is 0.610. The van der Waals surface area contributed by atoms with Gasteiger partial charge in [0.1, 0.15) is 0 Å². The standard InChI is InChI=1S/C30H38N4/c1-21-11-13-27-25(17-21)29(19-23(3)33-27)31-15-9-7-5-6-8-10-16-32-30-20-24(4)34-28-14-12-22(2)18-26(28)30/h11-14,17-20H,5-10,15-16H2,1-4H3,(H,31,33)(H,32,34). The van der Waals surface area contributed by atoms with Crippen molar-refractivity contribution in [3.63, 3.8) is 0 Å². The van der Waals surface area contributed by atoms with Crippen LogP contribution < -0.4 is 10.6 Å². The van der Waals surface area contributed by atoms with Crippen LogP contribution in [0.1, 0.15) is 61.0 Å². The molecule has 0 aliphatic carbocycles. The van der Waals surface area contributed by atoms with Crippen molar-refractivity contribution in [1.29, 1.82) is 0 Å². The van der Waals surface area contributed by atoms with Crippen molar-refractivity contribution in [3.8, 4) is 0 Å². The molecule has 0 saturated heterocycles. The van der Waals surface area contributed by atoms with Gasteiger partial charge in [0, 0.05) is 46.6 Å². The van der Waals surface area contributed by atoms with Crippen LogP contribution in [0.25, 0.3) is 21.8 Å². The van der Waals surface area contributed by atoms with E-state index in [2.05, 4.69) is 96.8 Å². The first-order valence-electron chi connectivity index (χ1n) is 12.7. The number of fused-ring (bicyclic) bond motifs is 2. The fourth-order valence-corrected chi connectivity index (χ4v) is 4.64. The van der Waals surface area contributed by atoms with E-state index in [1.165, 1.54) is 71.8 Å². The highest BCUT2D eigenvalue weighted by Crippen LogP contribution is 2.25. The predicted molar refractivity (Wildman–Crippen MR) is 147 cm³/mol. The molecule has 2 N–H and O–H groups in total. The molecule has 0 aliphatic heterocycles. The summed E-state index contributed by atoms with van der Waals surface area (Å²) in [6, 6.07) is 17.3. The SMILES string of the molecule is Cc1ccc2nc(C)cc(NCCCCCCCCNc3cc(C)nc4ccc(C)cc34)c2c1. The van der Waals surface area contributed by atoms with Crippen molar-refractivity contribution in [2.45, 2.75) is 66.2 Å². The van der Waals surface area contributed by atoms with Crippen LogP contribution in [-0.4, -0.2) is 23.1 Å². The molecule has 0 unspecified atom stereocenters. The third kappa shape index (κ3) is 6.25. The van der Waals surface area contributed by atoms with E-state index in [0.717, 1.165) is 35.5 Å². The number of pyridine rings is 2. The highest BCUT2D eigenvalue weighted by molar-refractivity contribution is 5.92. The van der Waals surface area contributed by atoms with Gasteiger partial charge in [0.25, 0.3) is 0 Å². The van der Waals surface area contributed by atoms with Crippen LogP contribution in [0, 0.1) is 27.7 Å². The maximum Gasteiger partial charge on any atom is 0.0726 e. The van der Waals surface area contributed by atoms with Gasteiger partial charge in [-0.25, -0.2) is 0 Å². The average Bonchev–Trinajstić information content (AvgIpc) is 2.80. The highest BCUT2D eigenvalue weighted by atomic mass is 14.9. The molecule has 4 aromatic rings. The summed E-state index contributed by atoms with van der Waals surface area (Å²) in [6.07, 6.45) is 7.55. The van der Waals surface area contributed by atoms with E-state index in [0.29, 0.717) is 0 Å². The van der Waals surface area contributed by atoms with Gasteiger partial charge in [0.05, 0.1) is 11.0 Å². The minimum absolute atomic E-state index is 1.02. The lowest BCUT2D eigenvalue weighted by atomic mass is 10.1. The molecule has 0 amide bonds. The Bertz CT molecular complexity index is 1160. The molecule has 4 rings (SSSR count). The Morgan fingerprint density at radius 3 is 1.38 bits per heavy atom. The zero-order chi connectivity index (χ0) is 23.9. The Labute approximate surface area is 204 Å². The van der Waals surface area contributed by atoms with Gasteiger partial charge in [0.15, 0.2) is 0 Å². The summed E-state index contributed by atoms with van der Waals surface area (Å²) in [4.78, 5) is 9.33. The van der Waals surface area contributed by atoms with Crippen molar-refractivity contribution >= 4 is 33.2 Å². The smallest absolute Gasteiger partial charge is 0.0726 e. The molecule has 0 atom stereocenters. The maximum atomic E-state index is 4.66. The number of rotatable bonds is 11. The zero-order valence-electron chi connectivity index (χ0n) is 21.2. The first-order valence-corrected chi connectivity index (χ1v) is 12.7. The van der Waals surface area contributed by atoms with Gasteiger partial charge in [-0.3, -0.25) is 9.97 Å². The van der Waals surface area contributed by atoms with Crippen LogP contribution in [0.15, 0.2) is 48.5 Å². The van der Waals surface area contributed by atoms with Crippen LogP contribution in [-0.2, 0) is 0 Å². The van der Waals surface area contributed by atoms with Crippen LogP contribution in [0.4, 0.5) is 11.4 Å². The quantitative estimate of drug-likeness (QED) is 0.226. The van der Waals surface area contributed by atoms with E-state index in [1.54, 1.807) is 0 Å². The molecule has 4 nitrogen and oxygen atoms in total. The number of nitrogens with one attached hydrogen (secondary N) is 2. The summed E-state index contributed by atoms with van der Waals surface area (Å²) in [5.41, 5.74) is 9.27. The minimum atomic E-state index is 1.02. The molecule has 0 bridgehead atoms. The largest absolute Gasteiger partial charge is 0.384 e. The van der Waals surface area contributed by atoms with Crippen molar-refractivity contribution in [1.82, 2.24) is 9.97 Å². The number of anilines is 2. The number of hydrogen-bond donors (Lipinski definition) is 2. The lowest BCUT2D eigenvalue weighted by Gasteiger charge is -2.12. The predicted octanol–water partition coefficient (Wildman–Crippen LogP) is 7.88. The maximum absolute atomic E-state index is 4.66. The number of hydrogen-bond acceptors (Lipinski definition) is 4. The summed E-state index contributed by atoms with van der Waals surface area (Å²) in [5, 5.41) is 9.76. The molecule has 0 saturated carbocycles. The summed E-state index contributed by atoms with van der Waals surface area (Å²) in [6.45, 7) is 10.4. The first kappa shape index (κ1) is 24.0. The van der Waals surface area contributed by atoms with E-state index in [-0.39, 0.29) is 0 Å². The molecule has 0 radical (unpaired) electrons. The highest BCUT2D eigenvalue weighted by Gasteiger charge is 2.05. The van der Waals surface area contributed by atoms with Crippen molar-refractivity contribution in [3.05, 3.63) is 71.0 Å². The number of aryl methyl sites for hydroxylation is 4. The lowest BCUT2D eigenvalue weighted by Crippen LogP contribution is -2.04. The van der Waals surface area contributed by atoms with Crippen molar-refractivity contribution in [2.24, 2.45) is 0 Å². The second kappa shape index (κ2) is 11.3. The fraction of sp³-hybridized carbons (Fsp3) is 0.400. The van der Waals surface area contributed by atoms with Gasteiger partial charge in [0.2, 0.25) is 0 Å². The number of unbranched alkanes of at least 4 members (excludes halogenated alkanes) is 5. The normalized spacial score (nSPS) is 11.3. The molecular weight excluding hydrogens is 416 g/mol. The third-order valence-corrected chi connectivity index (χ3v) is 6.42. The molecule has 0 spiro atoms. The topological polar surface area (TPSA) is 49.8 Å². The van der Waals surface area contributed by atoms with Crippen LogP contribution >= 0.6 is 0 Å². The molecule has 2 aromatic carbocycles. The van der Waals surface area contributed by atoms with Gasteiger partial charge < -0.3 is 10.6 Å². The molecule has 2 heterocycles. The Hall–Kier alpha value is -3.14. The van der Waals surface area contributed by atoms with Gasteiger partial charge in [-0.2, -0.15) is 0 Å². The second-order valence-corrected chi connectivity index (χ2v) is 9.64. The third-order valence-electron chi connectivity index (χ3n) is 6.42. The van der Waals surface area contributed by atoms with Crippen LogP contribution in [0.3, 0.4) is 0 Å². The Kier molecular flexibility index (Phi) is 7.99. The van der Waals surface area contributed by atoms with Crippen molar-refractivity contribution in [2.75, 3.05) is 23.7 Å². The van der Waals surface area contributed by atoms with E-state index < -0.39 is 0 Å². The summed E-state index contributed by atoms with van der Waals surface area (Å²) in [7, 11) is 0. The van der Waals surface area contributed by atoms with E-state index in [4.69, 9.17) is 0 Å². The van der Waals surface area contributed by atoms with Crippen molar-refractivity contribution < 1.29 is 0 Å². The molecule has 4 heteroatoms. The summed E-state index contributed by atoms with van der Waals surface area (Å²) < 4.78 is 0. The molecular formula is C30H38N4. The first-order chi connectivity index (χ1) is 16.5. The van der Waals surface area contributed by atoms with Crippen LogP contribution in [0.2, 0.25) is 0 Å². The van der Waals surface area contributed by atoms with E-state index >= 15 is 0 Å². The number of benzene rings is 2. The van der Waals surface area contributed by atoms with Gasteiger partial charge in [-0.1, -0.05) is 48.9 Å². The monoisotopic (exact) mass is 454 g/mol. The number of aromatic nitrogens is 2. The Morgan fingerprint density at radius 2 is 0.941 bits per heavy atom. The fourth-order valence-electron chi connectivity index (χ4n) is 4.64. The molecule has 34 heavy (non-hydrogen) atoms. The summed E-state index contributed by atoms with van der Waals surface area (Å²) >= 11 is 0. The number of nitrogens with zero attached hydrogens (tertiary/aromatic N) is 2.